The smallest absolute Gasteiger partial charge is 0.311 e. The first-order valence-electron chi connectivity index (χ1n) is 3.91. The van der Waals surface area contributed by atoms with Gasteiger partial charge in [0.2, 0.25) is 0 Å². The Hall–Kier alpha value is -1.09. The standard InChI is InChI=1S/C9H10ClNO2/c1-7(10)13-9(12)6-8-2-4-11-5-3-8/h2-5,7H,6H2,1H3. The Balaban J connectivity index is 2.46. The topological polar surface area (TPSA) is 39.2 Å². The van der Waals surface area contributed by atoms with Crippen molar-refractivity contribution in [3.8, 4) is 0 Å². The van der Waals surface area contributed by atoms with E-state index in [0.29, 0.717) is 0 Å². The number of esters is 1. The molecule has 1 atom stereocenters. The highest BCUT2D eigenvalue weighted by atomic mass is 35.5. The minimum atomic E-state index is -0.575. The summed E-state index contributed by atoms with van der Waals surface area (Å²) in [5.41, 5.74) is 0.298. The number of carbonyl (C=O) groups is 1. The van der Waals surface area contributed by atoms with E-state index in [1.165, 1.54) is 0 Å². The molecule has 0 spiro atoms. The number of carbonyl (C=O) groups excluding carboxylic acids is 1. The Bertz CT molecular complexity index is 274. The molecule has 0 N–H and O–H groups in total. The van der Waals surface area contributed by atoms with Crippen LogP contribution in [0, 0.1) is 0 Å². The van der Waals surface area contributed by atoms with Gasteiger partial charge in [-0.1, -0.05) is 11.6 Å². The second-order valence-corrected chi connectivity index (χ2v) is 3.18. The maximum absolute atomic E-state index is 11.1. The van der Waals surface area contributed by atoms with E-state index >= 15 is 0 Å². The summed E-state index contributed by atoms with van der Waals surface area (Å²) >= 11 is 5.48. The molecule has 1 aromatic rings. The molecule has 0 aromatic carbocycles. The molecule has 4 heteroatoms. The number of ether oxygens (including phenoxy) is 1. The number of alkyl halides is 1. The summed E-state index contributed by atoms with van der Waals surface area (Å²) in [6, 6.07) is 3.53. The third-order valence-corrected chi connectivity index (χ3v) is 1.48. The fourth-order valence-corrected chi connectivity index (χ4v) is 0.989. The Morgan fingerprint density at radius 3 is 2.77 bits per heavy atom. The molecule has 0 bridgehead atoms. The largest absolute Gasteiger partial charge is 0.446 e. The molecule has 1 heterocycles. The molecule has 1 unspecified atom stereocenters. The zero-order chi connectivity index (χ0) is 9.68. The quantitative estimate of drug-likeness (QED) is 0.550. The van der Waals surface area contributed by atoms with E-state index in [4.69, 9.17) is 16.3 Å². The van der Waals surface area contributed by atoms with Gasteiger partial charge >= 0.3 is 5.97 Å². The fraction of sp³-hybridized carbons (Fsp3) is 0.333. The zero-order valence-corrected chi connectivity index (χ0v) is 7.99. The Labute approximate surface area is 81.7 Å². The highest BCUT2D eigenvalue weighted by molar-refractivity contribution is 6.19. The van der Waals surface area contributed by atoms with Crippen molar-refractivity contribution in [3.63, 3.8) is 0 Å². The van der Waals surface area contributed by atoms with Gasteiger partial charge in [-0.3, -0.25) is 9.78 Å². The molecule has 0 aliphatic heterocycles. The van der Waals surface area contributed by atoms with Crippen molar-refractivity contribution in [2.24, 2.45) is 0 Å². The maximum Gasteiger partial charge on any atom is 0.311 e. The van der Waals surface area contributed by atoms with E-state index in [2.05, 4.69) is 4.98 Å². The average Bonchev–Trinajstić information content (AvgIpc) is 2.04. The number of pyridine rings is 1. The first-order valence-corrected chi connectivity index (χ1v) is 4.34. The summed E-state index contributed by atoms with van der Waals surface area (Å²) < 4.78 is 4.76. The van der Waals surface area contributed by atoms with Crippen LogP contribution >= 0.6 is 11.6 Å². The Morgan fingerprint density at radius 2 is 2.23 bits per heavy atom. The Morgan fingerprint density at radius 1 is 1.62 bits per heavy atom. The minimum Gasteiger partial charge on any atom is -0.446 e. The van der Waals surface area contributed by atoms with Crippen LogP contribution in [0.2, 0.25) is 0 Å². The van der Waals surface area contributed by atoms with Crippen molar-refractivity contribution in [1.29, 1.82) is 0 Å². The first-order chi connectivity index (χ1) is 6.18. The van der Waals surface area contributed by atoms with Crippen molar-refractivity contribution >= 4 is 17.6 Å². The molecular weight excluding hydrogens is 190 g/mol. The first kappa shape index (κ1) is 9.99. The van der Waals surface area contributed by atoms with Gasteiger partial charge in [-0.25, -0.2) is 0 Å². The van der Waals surface area contributed by atoms with E-state index in [-0.39, 0.29) is 12.4 Å². The van der Waals surface area contributed by atoms with Gasteiger partial charge in [-0.2, -0.15) is 0 Å². The predicted octanol–water partition coefficient (Wildman–Crippen LogP) is 1.75. The molecule has 0 fully saturated rings. The normalized spacial score (nSPS) is 12.2. The highest BCUT2D eigenvalue weighted by Crippen LogP contribution is 2.02. The predicted molar refractivity (Wildman–Crippen MR) is 49.3 cm³/mol. The fourth-order valence-electron chi connectivity index (χ4n) is 0.890. The SMILES string of the molecule is CC(Cl)OC(=O)Cc1ccncc1. The van der Waals surface area contributed by atoms with Crippen LogP contribution in [-0.2, 0) is 16.0 Å². The van der Waals surface area contributed by atoms with Crippen LogP contribution in [0.1, 0.15) is 12.5 Å². The van der Waals surface area contributed by atoms with Gasteiger partial charge in [0, 0.05) is 12.4 Å². The van der Waals surface area contributed by atoms with Gasteiger partial charge in [0.05, 0.1) is 6.42 Å². The average molecular weight is 200 g/mol. The number of hydrogen-bond donors (Lipinski definition) is 0. The number of rotatable bonds is 3. The minimum absolute atomic E-state index is 0.236. The summed E-state index contributed by atoms with van der Waals surface area (Å²) in [7, 11) is 0. The van der Waals surface area contributed by atoms with Gasteiger partial charge in [0.15, 0.2) is 5.56 Å². The summed E-state index contributed by atoms with van der Waals surface area (Å²) in [4.78, 5) is 14.9. The summed E-state index contributed by atoms with van der Waals surface area (Å²) in [5.74, 6) is -0.325. The van der Waals surface area contributed by atoms with Crippen LogP contribution in [0.15, 0.2) is 24.5 Å². The van der Waals surface area contributed by atoms with Gasteiger partial charge in [-0.05, 0) is 24.6 Å². The lowest BCUT2D eigenvalue weighted by atomic mass is 10.2. The van der Waals surface area contributed by atoms with E-state index < -0.39 is 5.56 Å². The van der Waals surface area contributed by atoms with Gasteiger partial charge in [0.25, 0.3) is 0 Å². The van der Waals surface area contributed by atoms with Crippen molar-refractivity contribution in [1.82, 2.24) is 4.98 Å². The molecule has 1 rings (SSSR count). The lowest BCUT2D eigenvalue weighted by Crippen LogP contribution is -2.11. The van der Waals surface area contributed by atoms with Crippen LogP contribution < -0.4 is 0 Å². The van der Waals surface area contributed by atoms with Crippen LogP contribution in [0.3, 0.4) is 0 Å². The van der Waals surface area contributed by atoms with Crippen molar-refractivity contribution in [3.05, 3.63) is 30.1 Å². The number of aromatic nitrogens is 1. The Kier molecular flexibility index (Phi) is 3.71. The zero-order valence-electron chi connectivity index (χ0n) is 7.24. The third-order valence-electron chi connectivity index (χ3n) is 1.39. The number of halogens is 1. The molecule has 70 valence electrons. The van der Waals surface area contributed by atoms with Crippen molar-refractivity contribution < 1.29 is 9.53 Å². The molecule has 13 heavy (non-hydrogen) atoms. The maximum atomic E-state index is 11.1. The monoisotopic (exact) mass is 199 g/mol. The summed E-state index contributed by atoms with van der Waals surface area (Å²) in [5, 5.41) is 0. The van der Waals surface area contributed by atoms with Crippen LogP contribution in [0.25, 0.3) is 0 Å². The molecule has 0 aliphatic rings. The van der Waals surface area contributed by atoms with Crippen LogP contribution in [0.4, 0.5) is 0 Å². The highest BCUT2D eigenvalue weighted by Gasteiger charge is 2.06. The molecule has 0 amide bonds. The summed E-state index contributed by atoms with van der Waals surface area (Å²) in [6.45, 7) is 1.60. The van der Waals surface area contributed by atoms with Crippen LogP contribution in [-0.4, -0.2) is 16.5 Å². The van der Waals surface area contributed by atoms with E-state index in [9.17, 15) is 4.79 Å². The molecular formula is C9H10ClNO2. The van der Waals surface area contributed by atoms with Crippen LogP contribution in [0.5, 0.6) is 0 Å². The summed E-state index contributed by atoms with van der Waals surface area (Å²) in [6.07, 6.45) is 3.50. The third kappa shape index (κ3) is 3.90. The molecule has 0 radical (unpaired) electrons. The van der Waals surface area contributed by atoms with E-state index in [0.717, 1.165) is 5.56 Å². The van der Waals surface area contributed by atoms with Crippen molar-refractivity contribution in [2.45, 2.75) is 18.9 Å². The molecule has 0 saturated heterocycles. The molecule has 1 aromatic heterocycles. The van der Waals surface area contributed by atoms with Gasteiger partial charge in [0.1, 0.15) is 0 Å². The number of hydrogen-bond acceptors (Lipinski definition) is 3. The van der Waals surface area contributed by atoms with E-state index in [1.54, 1.807) is 31.5 Å². The molecule has 0 saturated carbocycles. The number of nitrogens with zero attached hydrogens (tertiary/aromatic N) is 1. The second-order valence-electron chi connectivity index (χ2n) is 2.57. The van der Waals surface area contributed by atoms with Gasteiger partial charge in [-0.15, -0.1) is 0 Å². The van der Waals surface area contributed by atoms with Crippen molar-refractivity contribution in [2.75, 3.05) is 0 Å². The van der Waals surface area contributed by atoms with E-state index in [1.807, 2.05) is 0 Å². The lowest BCUT2D eigenvalue weighted by molar-refractivity contribution is -0.143. The lowest BCUT2D eigenvalue weighted by Gasteiger charge is -2.05. The second kappa shape index (κ2) is 4.82. The molecule has 0 aliphatic carbocycles. The molecule has 3 nitrogen and oxygen atoms in total. The van der Waals surface area contributed by atoms with Gasteiger partial charge < -0.3 is 4.74 Å².